The maximum atomic E-state index is 12.3. The number of para-hydroxylation sites is 1. The third kappa shape index (κ3) is 4.61. The number of hydrogen-bond acceptors (Lipinski definition) is 6. The van der Waals surface area contributed by atoms with Crippen LogP contribution in [0.3, 0.4) is 0 Å². The molecule has 0 unspecified atom stereocenters. The van der Waals surface area contributed by atoms with E-state index in [9.17, 15) is 14.9 Å². The number of amides is 1. The van der Waals surface area contributed by atoms with E-state index in [2.05, 4.69) is 15.6 Å². The van der Waals surface area contributed by atoms with Crippen molar-refractivity contribution in [2.24, 2.45) is 7.05 Å². The monoisotopic (exact) mass is 417 g/mol. The molecule has 0 atom stereocenters. The molecule has 0 aliphatic heterocycles. The first kappa shape index (κ1) is 19.9. The van der Waals surface area contributed by atoms with Gasteiger partial charge >= 0.3 is 0 Å². The van der Waals surface area contributed by atoms with Crippen LogP contribution in [0, 0.1) is 10.1 Å². The van der Waals surface area contributed by atoms with Crippen LogP contribution in [0.15, 0.2) is 72.8 Å². The first-order chi connectivity index (χ1) is 15.0. The van der Waals surface area contributed by atoms with Gasteiger partial charge in [0.2, 0.25) is 11.9 Å². The topological polar surface area (TPSA) is 111 Å². The molecule has 0 fully saturated rings. The molecule has 9 heteroatoms. The zero-order valence-corrected chi connectivity index (χ0v) is 16.6. The normalized spacial score (nSPS) is 10.6. The average Bonchev–Trinajstić information content (AvgIpc) is 3.09. The second-order valence-electron chi connectivity index (χ2n) is 6.77. The van der Waals surface area contributed by atoms with Crippen molar-refractivity contribution >= 4 is 34.3 Å². The van der Waals surface area contributed by atoms with E-state index >= 15 is 0 Å². The molecule has 0 aliphatic rings. The quantitative estimate of drug-likeness (QED) is 0.342. The highest BCUT2D eigenvalue weighted by Crippen LogP contribution is 2.24. The minimum absolute atomic E-state index is 0.0124. The molecule has 0 spiro atoms. The van der Waals surface area contributed by atoms with Crippen LogP contribution in [0.25, 0.3) is 11.0 Å². The number of carbonyl (C=O) groups excluding carboxylic acids is 1. The first-order valence-corrected chi connectivity index (χ1v) is 9.47. The van der Waals surface area contributed by atoms with Crippen molar-refractivity contribution in [1.82, 2.24) is 9.55 Å². The molecule has 4 aromatic rings. The Bertz CT molecular complexity index is 1240. The summed E-state index contributed by atoms with van der Waals surface area (Å²) in [4.78, 5) is 27.1. The number of non-ortho nitro benzene ring substituents is 1. The number of benzene rings is 3. The average molecular weight is 417 g/mol. The highest BCUT2D eigenvalue weighted by Gasteiger charge is 2.13. The minimum atomic E-state index is -0.467. The predicted molar refractivity (Wildman–Crippen MR) is 117 cm³/mol. The maximum absolute atomic E-state index is 12.3. The van der Waals surface area contributed by atoms with Gasteiger partial charge in [-0.25, -0.2) is 4.98 Å². The van der Waals surface area contributed by atoms with Crippen molar-refractivity contribution < 1.29 is 14.5 Å². The Morgan fingerprint density at radius 3 is 2.48 bits per heavy atom. The number of nitrogens with one attached hydrogen (secondary N) is 2. The number of anilines is 2. The lowest BCUT2D eigenvalue weighted by molar-refractivity contribution is -0.384. The summed E-state index contributed by atoms with van der Waals surface area (Å²) in [5.74, 6) is 1.58. The van der Waals surface area contributed by atoms with Gasteiger partial charge < -0.3 is 19.9 Å². The Balaban J connectivity index is 1.36. The van der Waals surface area contributed by atoms with Crippen LogP contribution in [-0.2, 0) is 11.8 Å². The highest BCUT2D eigenvalue weighted by molar-refractivity contribution is 5.94. The first-order valence-electron chi connectivity index (χ1n) is 9.47. The van der Waals surface area contributed by atoms with Gasteiger partial charge in [-0.2, -0.15) is 0 Å². The summed E-state index contributed by atoms with van der Waals surface area (Å²) in [7, 11) is 1.77. The number of carbonyl (C=O) groups is 1. The van der Waals surface area contributed by atoms with Crippen molar-refractivity contribution in [1.29, 1.82) is 0 Å². The number of nitro groups is 1. The minimum Gasteiger partial charge on any atom is -0.457 e. The number of hydrogen-bond donors (Lipinski definition) is 2. The fraction of sp³-hybridized carbons (Fsp3) is 0.0909. The number of fused-ring (bicyclic) bond motifs is 1. The van der Waals surface area contributed by atoms with Gasteiger partial charge in [0.15, 0.2) is 0 Å². The SMILES string of the molecule is Cn1c(NCC(=O)Nc2ccc(Oc3ccccc3)cc2)nc2cc([N+](=O)[O-])ccc21. The number of aryl methyl sites for hydroxylation is 1. The Kier molecular flexibility index (Phi) is 5.48. The smallest absolute Gasteiger partial charge is 0.271 e. The van der Waals surface area contributed by atoms with E-state index in [-0.39, 0.29) is 18.1 Å². The Hall–Kier alpha value is -4.40. The lowest BCUT2D eigenvalue weighted by Gasteiger charge is -2.09. The molecule has 0 bridgehead atoms. The van der Waals surface area contributed by atoms with Crippen molar-refractivity contribution in [3.05, 3.63) is 82.9 Å². The van der Waals surface area contributed by atoms with Crippen LogP contribution < -0.4 is 15.4 Å². The summed E-state index contributed by atoms with van der Waals surface area (Å²) in [6, 6.07) is 20.9. The molecule has 0 saturated carbocycles. The number of ether oxygens (including phenoxy) is 1. The van der Waals surface area contributed by atoms with Crippen molar-refractivity contribution in [3.8, 4) is 11.5 Å². The van der Waals surface area contributed by atoms with Crippen LogP contribution in [0.2, 0.25) is 0 Å². The number of nitro benzene ring substituents is 1. The van der Waals surface area contributed by atoms with Gasteiger partial charge in [-0.05, 0) is 42.5 Å². The Labute approximate surface area is 177 Å². The second kappa shape index (κ2) is 8.54. The van der Waals surface area contributed by atoms with Gasteiger partial charge in [0.25, 0.3) is 5.69 Å². The molecule has 31 heavy (non-hydrogen) atoms. The van der Waals surface area contributed by atoms with E-state index in [1.165, 1.54) is 12.1 Å². The molecule has 0 saturated heterocycles. The van der Waals surface area contributed by atoms with Crippen LogP contribution in [0.4, 0.5) is 17.3 Å². The summed E-state index contributed by atoms with van der Waals surface area (Å²) in [6.45, 7) is -0.0124. The summed E-state index contributed by atoms with van der Waals surface area (Å²) in [6.07, 6.45) is 0. The Morgan fingerprint density at radius 2 is 1.77 bits per heavy atom. The van der Waals surface area contributed by atoms with Crippen LogP contribution in [0.1, 0.15) is 0 Å². The van der Waals surface area contributed by atoms with Crippen molar-refractivity contribution in [3.63, 3.8) is 0 Å². The fourth-order valence-corrected chi connectivity index (χ4v) is 3.06. The molecule has 4 rings (SSSR count). The third-order valence-corrected chi connectivity index (χ3v) is 4.60. The molecule has 2 N–H and O–H groups in total. The maximum Gasteiger partial charge on any atom is 0.271 e. The van der Waals surface area contributed by atoms with E-state index < -0.39 is 4.92 Å². The van der Waals surface area contributed by atoms with E-state index in [0.717, 1.165) is 11.3 Å². The standard InChI is InChI=1S/C22H19N5O4/c1-26-20-12-9-16(27(29)30)13-19(20)25-22(26)23-14-21(28)24-15-7-10-18(11-8-15)31-17-5-3-2-4-6-17/h2-13H,14H2,1H3,(H,23,25)(H,24,28). The van der Waals surface area contributed by atoms with Gasteiger partial charge in [0.1, 0.15) is 11.5 Å². The van der Waals surface area contributed by atoms with Gasteiger partial charge in [-0.3, -0.25) is 14.9 Å². The van der Waals surface area contributed by atoms with E-state index in [1.807, 2.05) is 30.3 Å². The molecule has 9 nitrogen and oxygen atoms in total. The molecular formula is C22H19N5O4. The number of nitrogens with zero attached hydrogens (tertiary/aromatic N) is 3. The van der Waals surface area contributed by atoms with Gasteiger partial charge in [0.05, 0.1) is 22.5 Å². The van der Waals surface area contributed by atoms with Crippen molar-refractivity contribution in [2.45, 2.75) is 0 Å². The summed E-state index contributed by atoms with van der Waals surface area (Å²) < 4.78 is 7.47. The predicted octanol–water partition coefficient (Wildman–Crippen LogP) is 4.32. The lowest BCUT2D eigenvalue weighted by Crippen LogP contribution is -2.22. The van der Waals surface area contributed by atoms with E-state index in [1.54, 1.807) is 41.9 Å². The molecular weight excluding hydrogens is 398 g/mol. The number of rotatable bonds is 7. The van der Waals surface area contributed by atoms with Crippen molar-refractivity contribution in [2.75, 3.05) is 17.2 Å². The van der Waals surface area contributed by atoms with E-state index in [4.69, 9.17) is 4.74 Å². The summed E-state index contributed by atoms with van der Waals surface area (Å²) in [5, 5.41) is 16.7. The van der Waals surface area contributed by atoms with Gasteiger partial charge in [-0.1, -0.05) is 18.2 Å². The molecule has 1 heterocycles. The largest absolute Gasteiger partial charge is 0.457 e. The molecule has 156 valence electrons. The fourth-order valence-electron chi connectivity index (χ4n) is 3.06. The number of imidazole rings is 1. The highest BCUT2D eigenvalue weighted by atomic mass is 16.6. The Morgan fingerprint density at radius 1 is 1.06 bits per heavy atom. The van der Waals surface area contributed by atoms with E-state index in [0.29, 0.717) is 22.9 Å². The van der Waals surface area contributed by atoms with Gasteiger partial charge in [0, 0.05) is 24.9 Å². The molecule has 1 aromatic heterocycles. The lowest BCUT2D eigenvalue weighted by atomic mass is 10.3. The molecule has 0 radical (unpaired) electrons. The summed E-state index contributed by atoms with van der Waals surface area (Å²) >= 11 is 0. The third-order valence-electron chi connectivity index (χ3n) is 4.60. The van der Waals surface area contributed by atoms with Crippen LogP contribution in [0.5, 0.6) is 11.5 Å². The molecule has 1 amide bonds. The summed E-state index contributed by atoms with van der Waals surface area (Å²) in [5.41, 5.74) is 1.80. The zero-order chi connectivity index (χ0) is 21.8. The number of aromatic nitrogens is 2. The molecule has 3 aromatic carbocycles. The molecule has 0 aliphatic carbocycles. The zero-order valence-electron chi connectivity index (χ0n) is 16.6. The van der Waals surface area contributed by atoms with Crippen LogP contribution in [-0.4, -0.2) is 26.9 Å². The van der Waals surface area contributed by atoms with Gasteiger partial charge in [-0.15, -0.1) is 0 Å². The second-order valence-corrected chi connectivity index (χ2v) is 6.77. The van der Waals surface area contributed by atoms with Crippen LogP contribution >= 0.6 is 0 Å².